The van der Waals surface area contributed by atoms with Crippen LogP contribution in [0, 0.1) is 10.6 Å². The van der Waals surface area contributed by atoms with E-state index in [-0.39, 0.29) is 0 Å². The van der Waals surface area contributed by atoms with Gasteiger partial charge in [0.2, 0.25) is 0 Å². The third-order valence-electron chi connectivity index (χ3n) is 2.09. The molecule has 1 aromatic rings. The lowest BCUT2D eigenvalue weighted by atomic mass is 10.1. The maximum atomic E-state index is 4.45. The molecule has 0 atom stereocenters. The van der Waals surface area contributed by atoms with Crippen LogP contribution in [0.4, 0.5) is 0 Å². The molecule has 0 aliphatic rings. The normalized spacial score (nSPS) is 10.8. The van der Waals surface area contributed by atoms with Crippen molar-refractivity contribution in [2.24, 2.45) is 0 Å². The monoisotopic (exact) mass is 290 g/mol. The Labute approximate surface area is 93.2 Å². The van der Waals surface area contributed by atoms with Gasteiger partial charge in [-0.1, -0.05) is 19.9 Å². The zero-order valence-electron chi connectivity index (χ0n) is 8.34. The molecule has 1 heterocycles. The van der Waals surface area contributed by atoms with Crippen molar-refractivity contribution in [1.29, 1.82) is 0 Å². The molecule has 0 radical (unpaired) electrons. The number of nitrogens with zero attached hydrogens (tertiary/aromatic N) is 2. The summed E-state index contributed by atoms with van der Waals surface area (Å²) in [6, 6.07) is 0. The average molecular weight is 290 g/mol. The highest BCUT2D eigenvalue weighted by atomic mass is 127. The van der Waals surface area contributed by atoms with E-state index < -0.39 is 0 Å². The molecule has 13 heavy (non-hydrogen) atoms. The SMILES string of the molecule is C=CCn1nc(I)c(C(C)C)c1C. The Balaban J connectivity index is 3.14. The minimum absolute atomic E-state index is 0.547. The number of halogens is 1. The number of hydrogen-bond acceptors (Lipinski definition) is 1. The van der Waals surface area contributed by atoms with Crippen LogP contribution in [0.25, 0.3) is 0 Å². The fraction of sp³-hybridized carbons (Fsp3) is 0.500. The van der Waals surface area contributed by atoms with E-state index in [0.717, 1.165) is 10.2 Å². The van der Waals surface area contributed by atoms with Crippen molar-refractivity contribution in [3.05, 3.63) is 27.6 Å². The fourth-order valence-corrected chi connectivity index (χ4v) is 2.75. The Hall–Kier alpha value is -0.320. The van der Waals surface area contributed by atoms with Crippen molar-refractivity contribution >= 4 is 22.6 Å². The first kappa shape index (κ1) is 10.8. The lowest BCUT2D eigenvalue weighted by Gasteiger charge is -2.04. The van der Waals surface area contributed by atoms with E-state index in [1.807, 2.05) is 10.8 Å². The molecule has 1 aromatic heterocycles. The molecule has 3 heteroatoms. The van der Waals surface area contributed by atoms with Gasteiger partial charge in [-0.25, -0.2) is 0 Å². The molecule has 0 bridgehead atoms. The van der Waals surface area contributed by atoms with Crippen LogP contribution in [-0.4, -0.2) is 9.78 Å². The zero-order chi connectivity index (χ0) is 10.0. The number of hydrogen-bond donors (Lipinski definition) is 0. The summed E-state index contributed by atoms with van der Waals surface area (Å²) < 4.78 is 3.12. The van der Waals surface area contributed by atoms with E-state index in [9.17, 15) is 0 Å². The van der Waals surface area contributed by atoms with Gasteiger partial charge in [0, 0.05) is 11.3 Å². The summed E-state index contributed by atoms with van der Waals surface area (Å²) in [6.45, 7) is 11.0. The van der Waals surface area contributed by atoms with Crippen molar-refractivity contribution in [2.45, 2.75) is 33.2 Å². The summed E-state index contributed by atoms with van der Waals surface area (Å²) in [5, 5.41) is 4.45. The van der Waals surface area contributed by atoms with E-state index in [0.29, 0.717) is 5.92 Å². The summed E-state index contributed by atoms with van der Waals surface area (Å²) in [5.74, 6) is 0.547. The lowest BCUT2D eigenvalue weighted by Crippen LogP contribution is -2.00. The van der Waals surface area contributed by atoms with Gasteiger partial charge in [0.05, 0.1) is 6.54 Å². The first-order valence-electron chi connectivity index (χ1n) is 4.41. The summed E-state index contributed by atoms with van der Waals surface area (Å²) in [7, 11) is 0. The summed E-state index contributed by atoms with van der Waals surface area (Å²) >= 11 is 2.30. The molecule has 2 nitrogen and oxygen atoms in total. The Morgan fingerprint density at radius 3 is 2.62 bits per heavy atom. The van der Waals surface area contributed by atoms with Crippen LogP contribution in [0.5, 0.6) is 0 Å². The Kier molecular flexibility index (Phi) is 3.53. The topological polar surface area (TPSA) is 17.8 Å². The maximum Gasteiger partial charge on any atom is 0.127 e. The molecule has 1 rings (SSSR count). The van der Waals surface area contributed by atoms with Gasteiger partial charge in [-0.05, 0) is 35.4 Å². The van der Waals surface area contributed by atoms with E-state index >= 15 is 0 Å². The molecule has 0 aliphatic carbocycles. The Morgan fingerprint density at radius 2 is 2.23 bits per heavy atom. The summed E-state index contributed by atoms with van der Waals surface area (Å²) in [4.78, 5) is 0. The Bertz CT molecular complexity index is 313. The second-order valence-corrected chi connectivity index (χ2v) is 4.44. The van der Waals surface area contributed by atoms with E-state index in [1.165, 1.54) is 11.3 Å². The quantitative estimate of drug-likeness (QED) is 0.618. The fourth-order valence-electron chi connectivity index (χ4n) is 1.48. The van der Waals surface area contributed by atoms with Crippen molar-refractivity contribution in [3.8, 4) is 0 Å². The van der Waals surface area contributed by atoms with Crippen molar-refractivity contribution < 1.29 is 0 Å². The number of rotatable bonds is 3. The third-order valence-corrected chi connectivity index (χ3v) is 2.88. The molecule has 0 spiro atoms. The van der Waals surface area contributed by atoms with Gasteiger partial charge in [0.15, 0.2) is 0 Å². The second kappa shape index (κ2) is 4.26. The van der Waals surface area contributed by atoms with Crippen LogP contribution in [0.15, 0.2) is 12.7 Å². The smallest absolute Gasteiger partial charge is 0.127 e. The van der Waals surface area contributed by atoms with Crippen LogP contribution in [0.2, 0.25) is 0 Å². The van der Waals surface area contributed by atoms with Crippen molar-refractivity contribution in [2.75, 3.05) is 0 Å². The van der Waals surface area contributed by atoms with Crippen LogP contribution >= 0.6 is 22.6 Å². The third kappa shape index (κ3) is 2.13. The van der Waals surface area contributed by atoms with Gasteiger partial charge in [-0.15, -0.1) is 6.58 Å². The molecular weight excluding hydrogens is 275 g/mol. The molecule has 0 unspecified atom stereocenters. The van der Waals surface area contributed by atoms with Crippen molar-refractivity contribution in [1.82, 2.24) is 9.78 Å². The van der Waals surface area contributed by atoms with Crippen LogP contribution in [-0.2, 0) is 6.54 Å². The maximum absolute atomic E-state index is 4.45. The van der Waals surface area contributed by atoms with Gasteiger partial charge in [-0.3, -0.25) is 4.68 Å². The molecule has 0 aliphatic heterocycles. The summed E-state index contributed by atoms with van der Waals surface area (Å²) in [5.41, 5.74) is 2.63. The molecule has 0 aromatic carbocycles. The molecule has 0 saturated carbocycles. The van der Waals surface area contributed by atoms with E-state index in [2.05, 4.69) is 55.0 Å². The van der Waals surface area contributed by atoms with Gasteiger partial charge >= 0.3 is 0 Å². The average Bonchev–Trinajstić information content (AvgIpc) is 2.28. The largest absolute Gasteiger partial charge is 0.265 e. The first-order valence-corrected chi connectivity index (χ1v) is 5.49. The molecule has 72 valence electrons. The van der Waals surface area contributed by atoms with Crippen LogP contribution in [0.1, 0.15) is 31.0 Å². The Morgan fingerprint density at radius 1 is 1.62 bits per heavy atom. The highest BCUT2D eigenvalue weighted by molar-refractivity contribution is 14.1. The zero-order valence-corrected chi connectivity index (χ0v) is 10.5. The summed E-state index contributed by atoms with van der Waals surface area (Å²) in [6.07, 6.45) is 1.88. The number of allylic oxidation sites excluding steroid dienone is 1. The van der Waals surface area contributed by atoms with Crippen LogP contribution < -0.4 is 0 Å². The standard InChI is InChI=1S/C10H15IN2/c1-5-6-13-8(4)9(7(2)3)10(11)12-13/h5,7H,1,6H2,2-4H3. The molecule has 0 N–H and O–H groups in total. The van der Waals surface area contributed by atoms with E-state index in [1.54, 1.807) is 0 Å². The van der Waals surface area contributed by atoms with Gasteiger partial charge in [0.1, 0.15) is 3.70 Å². The van der Waals surface area contributed by atoms with Gasteiger partial charge in [0.25, 0.3) is 0 Å². The second-order valence-electron chi connectivity index (χ2n) is 3.42. The molecule has 0 saturated heterocycles. The molecule has 0 fully saturated rings. The molecular formula is C10H15IN2. The number of aromatic nitrogens is 2. The minimum atomic E-state index is 0.547. The van der Waals surface area contributed by atoms with Crippen LogP contribution in [0.3, 0.4) is 0 Å². The molecule has 0 amide bonds. The predicted molar refractivity (Wildman–Crippen MR) is 64.0 cm³/mol. The lowest BCUT2D eigenvalue weighted by molar-refractivity contribution is 0.672. The predicted octanol–water partition coefficient (Wildman–Crippen LogP) is 3.11. The van der Waals surface area contributed by atoms with Gasteiger partial charge in [-0.2, -0.15) is 5.10 Å². The highest BCUT2D eigenvalue weighted by Crippen LogP contribution is 2.24. The van der Waals surface area contributed by atoms with E-state index in [4.69, 9.17) is 0 Å². The minimum Gasteiger partial charge on any atom is -0.265 e. The van der Waals surface area contributed by atoms with Crippen molar-refractivity contribution in [3.63, 3.8) is 0 Å². The first-order chi connectivity index (χ1) is 6.07. The highest BCUT2D eigenvalue weighted by Gasteiger charge is 2.14. The van der Waals surface area contributed by atoms with Gasteiger partial charge < -0.3 is 0 Å².